The number of hydrogen-bond acceptors (Lipinski definition) is 7. The molecule has 1 aliphatic heterocycles. The lowest BCUT2D eigenvalue weighted by Gasteiger charge is -2.30. The Bertz CT molecular complexity index is 1000. The fraction of sp³-hybridized carbons (Fsp3) is 0.316. The molecule has 3 heterocycles. The number of carbonyl (C=O) groups excluding carboxylic acids is 1. The van der Waals surface area contributed by atoms with Gasteiger partial charge < -0.3 is 13.7 Å². The highest BCUT2D eigenvalue weighted by Crippen LogP contribution is 2.31. The second kappa shape index (κ2) is 7.26. The minimum Gasteiger partial charge on any atom is -0.472 e. The predicted octanol–water partition coefficient (Wildman–Crippen LogP) is 3.57. The van der Waals surface area contributed by atoms with Crippen LogP contribution in [0.4, 0.5) is 5.69 Å². The first-order valence-electron chi connectivity index (χ1n) is 8.94. The van der Waals surface area contributed by atoms with Crippen LogP contribution in [-0.4, -0.2) is 39.0 Å². The summed E-state index contributed by atoms with van der Waals surface area (Å²) >= 11 is 0. The Balaban J connectivity index is 1.44. The molecule has 0 saturated carbocycles. The maximum atomic E-state index is 12.8. The normalized spacial score (nSPS) is 15.0. The number of carbonyl (C=O) groups is 1. The number of piperidine rings is 1. The quantitative estimate of drug-likeness (QED) is 0.500. The molecule has 0 spiro atoms. The van der Waals surface area contributed by atoms with Crippen LogP contribution in [0.3, 0.4) is 0 Å². The third-order valence-corrected chi connectivity index (χ3v) is 5.07. The van der Waals surface area contributed by atoms with Crippen LogP contribution >= 0.6 is 0 Å². The van der Waals surface area contributed by atoms with E-state index in [1.54, 1.807) is 42.5 Å². The molecule has 3 aromatic rings. The molecule has 9 nitrogen and oxygen atoms in total. The van der Waals surface area contributed by atoms with E-state index in [1.807, 2.05) is 0 Å². The number of amides is 1. The van der Waals surface area contributed by atoms with E-state index >= 15 is 0 Å². The summed E-state index contributed by atoms with van der Waals surface area (Å²) in [6.07, 6.45) is 4.46. The van der Waals surface area contributed by atoms with Gasteiger partial charge in [0.25, 0.3) is 17.5 Å². The Labute approximate surface area is 160 Å². The van der Waals surface area contributed by atoms with E-state index in [4.69, 9.17) is 8.83 Å². The average molecular weight is 382 g/mol. The summed E-state index contributed by atoms with van der Waals surface area (Å²) in [5.41, 5.74) is 1.44. The maximum absolute atomic E-state index is 12.8. The zero-order chi connectivity index (χ0) is 19.7. The fourth-order valence-electron chi connectivity index (χ4n) is 3.46. The molecule has 0 aliphatic carbocycles. The average Bonchev–Trinajstić information content (AvgIpc) is 3.39. The van der Waals surface area contributed by atoms with Crippen molar-refractivity contribution in [1.29, 1.82) is 0 Å². The van der Waals surface area contributed by atoms with Crippen LogP contribution in [0.15, 0.2) is 45.6 Å². The van der Waals surface area contributed by atoms with E-state index in [0.717, 1.165) is 5.56 Å². The number of nitrogens with zero attached hydrogens (tertiary/aromatic N) is 4. The molecule has 0 unspecified atom stereocenters. The van der Waals surface area contributed by atoms with Crippen LogP contribution in [0, 0.1) is 17.0 Å². The van der Waals surface area contributed by atoms with Gasteiger partial charge >= 0.3 is 0 Å². The maximum Gasteiger partial charge on any atom is 0.273 e. The summed E-state index contributed by atoms with van der Waals surface area (Å²) in [6.45, 7) is 2.65. The molecule has 1 fully saturated rings. The first-order valence-corrected chi connectivity index (χ1v) is 8.94. The Hall–Kier alpha value is -3.49. The second-order valence-corrected chi connectivity index (χ2v) is 6.73. The van der Waals surface area contributed by atoms with Crippen molar-refractivity contribution in [2.45, 2.75) is 25.7 Å². The lowest BCUT2D eigenvalue weighted by molar-refractivity contribution is -0.385. The topological polar surface area (TPSA) is 116 Å². The number of nitro groups is 1. The number of likely N-dealkylation sites (tertiary alicyclic amines) is 1. The molecular weight excluding hydrogens is 364 g/mol. The van der Waals surface area contributed by atoms with Crippen molar-refractivity contribution in [2.24, 2.45) is 0 Å². The molecule has 1 aliphatic rings. The lowest BCUT2D eigenvalue weighted by atomic mass is 9.95. The molecule has 1 saturated heterocycles. The molecule has 1 aromatic carbocycles. The third kappa shape index (κ3) is 3.26. The number of nitro benzene ring substituents is 1. The van der Waals surface area contributed by atoms with Crippen molar-refractivity contribution in [3.63, 3.8) is 0 Å². The Morgan fingerprint density at radius 3 is 2.71 bits per heavy atom. The minimum absolute atomic E-state index is 0.0432. The van der Waals surface area contributed by atoms with Crippen LogP contribution in [0.1, 0.15) is 40.6 Å². The van der Waals surface area contributed by atoms with Crippen LogP contribution in [0.2, 0.25) is 0 Å². The van der Waals surface area contributed by atoms with Gasteiger partial charge in [0.2, 0.25) is 5.89 Å². The second-order valence-electron chi connectivity index (χ2n) is 6.73. The highest BCUT2D eigenvalue weighted by atomic mass is 16.6. The smallest absolute Gasteiger partial charge is 0.273 e. The number of aromatic nitrogens is 2. The van der Waals surface area contributed by atoms with Gasteiger partial charge in [0.05, 0.1) is 16.7 Å². The van der Waals surface area contributed by atoms with Gasteiger partial charge in [-0.25, -0.2) is 0 Å². The number of rotatable bonds is 4. The van der Waals surface area contributed by atoms with Gasteiger partial charge in [-0.05, 0) is 31.9 Å². The van der Waals surface area contributed by atoms with Crippen molar-refractivity contribution < 1.29 is 18.6 Å². The Morgan fingerprint density at radius 2 is 2.04 bits per heavy atom. The van der Waals surface area contributed by atoms with E-state index in [1.165, 1.54) is 6.07 Å². The van der Waals surface area contributed by atoms with Gasteiger partial charge in [-0.1, -0.05) is 6.07 Å². The van der Waals surface area contributed by atoms with Crippen molar-refractivity contribution in [3.05, 3.63) is 63.9 Å². The zero-order valence-corrected chi connectivity index (χ0v) is 15.2. The molecule has 0 atom stereocenters. The monoisotopic (exact) mass is 382 g/mol. The van der Waals surface area contributed by atoms with Crippen LogP contribution in [-0.2, 0) is 0 Å². The molecular formula is C19H18N4O5. The predicted molar refractivity (Wildman–Crippen MR) is 97.7 cm³/mol. The number of furan rings is 1. The zero-order valence-electron chi connectivity index (χ0n) is 15.2. The molecule has 28 heavy (non-hydrogen) atoms. The summed E-state index contributed by atoms with van der Waals surface area (Å²) < 4.78 is 10.8. The highest BCUT2D eigenvalue weighted by molar-refractivity contribution is 5.96. The van der Waals surface area contributed by atoms with E-state index in [-0.39, 0.29) is 17.5 Å². The summed E-state index contributed by atoms with van der Waals surface area (Å²) in [5.74, 6) is 0.844. The van der Waals surface area contributed by atoms with E-state index in [9.17, 15) is 14.9 Å². The van der Waals surface area contributed by atoms with Gasteiger partial charge in [0, 0.05) is 36.2 Å². The van der Waals surface area contributed by atoms with Crippen molar-refractivity contribution >= 4 is 11.6 Å². The third-order valence-electron chi connectivity index (χ3n) is 5.07. The van der Waals surface area contributed by atoms with Crippen LogP contribution in [0.5, 0.6) is 0 Å². The van der Waals surface area contributed by atoms with E-state index in [0.29, 0.717) is 48.8 Å². The van der Waals surface area contributed by atoms with Crippen molar-refractivity contribution in [3.8, 4) is 11.5 Å². The van der Waals surface area contributed by atoms with Gasteiger partial charge in [-0.15, -0.1) is 10.2 Å². The minimum atomic E-state index is -0.467. The van der Waals surface area contributed by atoms with Crippen molar-refractivity contribution in [1.82, 2.24) is 15.1 Å². The summed E-state index contributed by atoms with van der Waals surface area (Å²) in [4.78, 5) is 25.2. The SMILES string of the molecule is Cc1c(C(=O)N2CCC(c3nnc(-c4ccoc4)o3)CC2)cccc1[N+](=O)[O-]. The van der Waals surface area contributed by atoms with Gasteiger partial charge in [-0.3, -0.25) is 14.9 Å². The Kier molecular flexibility index (Phi) is 4.64. The van der Waals surface area contributed by atoms with Gasteiger partial charge in [-0.2, -0.15) is 0 Å². The largest absolute Gasteiger partial charge is 0.472 e. The molecule has 4 rings (SSSR count). The van der Waals surface area contributed by atoms with E-state index in [2.05, 4.69) is 10.2 Å². The van der Waals surface area contributed by atoms with Crippen LogP contribution in [0.25, 0.3) is 11.5 Å². The lowest BCUT2D eigenvalue weighted by Crippen LogP contribution is -2.38. The first kappa shape index (κ1) is 17.9. The summed E-state index contributed by atoms with van der Waals surface area (Å²) in [6, 6.07) is 6.33. The summed E-state index contributed by atoms with van der Waals surface area (Å²) in [7, 11) is 0. The molecule has 0 bridgehead atoms. The fourth-order valence-corrected chi connectivity index (χ4v) is 3.46. The van der Waals surface area contributed by atoms with Gasteiger partial charge in [0.15, 0.2) is 0 Å². The standard InChI is InChI=1S/C19H18N4O5/c1-12-15(3-2-4-16(12)23(25)26)19(24)22-8-5-13(6-9-22)17-20-21-18(28-17)14-7-10-27-11-14/h2-4,7,10-11,13H,5-6,8-9H2,1H3. The first-order chi connectivity index (χ1) is 13.5. The molecule has 2 aromatic heterocycles. The van der Waals surface area contributed by atoms with E-state index < -0.39 is 4.92 Å². The molecule has 0 radical (unpaired) electrons. The van der Waals surface area contributed by atoms with Crippen molar-refractivity contribution in [2.75, 3.05) is 13.1 Å². The Morgan fingerprint density at radius 1 is 1.25 bits per heavy atom. The number of benzene rings is 1. The molecule has 144 valence electrons. The molecule has 9 heteroatoms. The number of hydrogen-bond donors (Lipinski definition) is 0. The molecule has 0 N–H and O–H groups in total. The van der Waals surface area contributed by atoms with Crippen LogP contribution < -0.4 is 0 Å². The van der Waals surface area contributed by atoms with Gasteiger partial charge in [0.1, 0.15) is 6.26 Å². The summed E-state index contributed by atoms with van der Waals surface area (Å²) in [5, 5.41) is 19.3. The molecule has 1 amide bonds. The highest BCUT2D eigenvalue weighted by Gasteiger charge is 2.29.